The molecule has 3 fully saturated rings. The molecule has 7 nitrogen and oxygen atoms in total. The van der Waals surface area contributed by atoms with Crippen LogP contribution in [0.2, 0.25) is 0 Å². The first-order chi connectivity index (χ1) is 14.0. The second-order valence-corrected chi connectivity index (χ2v) is 8.53. The van der Waals surface area contributed by atoms with Crippen molar-refractivity contribution in [2.45, 2.75) is 56.7 Å². The molecule has 0 aliphatic carbocycles. The number of benzene rings is 1. The highest BCUT2D eigenvalue weighted by Crippen LogP contribution is 2.35. The fourth-order valence-electron chi connectivity index (χ4n) is 4.96. The van der Waals surface area contributed by atoms with Gasteiger partial charge in [-0.1, -0.05) is 43.2 Å². The van der Waals surface area contributed by atoms with Crippen molar-refractivity contribution in [1.82, 2.24) is 20.0 Å². The number of likely N-dealkylation sites (N-methyl/N-ethyl adjacent to an activating group) is 1. The van der Waals surface area contributed by atoms with Gasteiger partial charge in [-0.25, -0.2) is 4.79 Å². The summed E-state index contributed by atoms with van der Waals surface area (Å²) in [6, 6.07) is 9.33. The molecule has 3 saturated heterocycles. The summed E-state index contributed by atoms with van der Waals surface area (Å²) in [5.41, 5.74) is 0.148. The van der Waals surface area contributed by atoms with Crippen molar-refractivity contribution in [3.63, 3.8) is 0 Å². The normalized spacial score (nSPS) is 25.2. The maximum Gasteiger partial charge on any atom is 0.325 e. The monoisotopic (exact) mass is 398 g/mol. The number of nitrogens with one attached hydrogen (secondary N) is 1. The Hall–Kier alpha value is -2.41. The van der Waals surface area contributed by atoms with Crippen molar-refractivity contribution < 1.29 is 14.4 Å². The number of likely N-dealkylation sites (tertiary alicyclic amines) is 2. The number of hydrogen-bond acceptors (Lipinski definition) is 4. The lowest BCUT2D eigenvalue weighted by Gasteiger charge is -2.43. The highest BCUT2D eigenvalue weighted by Gasteiger charge is 2.54. The predicted molar refractivity (Wildman–Crippen MR) is 109 cm³/mol. The summed E-state index contributed by atoms with van der Waals surface area (Å²) in [6.07, 6.45) is 5.27. The fraction of sp³-hybridized carbons (Fsp3) is 0.591. The Bertz CT molecular complexity index is 774. The van der Waals surface area contributed by atoms with Gasteiger partial charge in [-0.2, -0.15) is 0 Å². The molecule has 0 radical (unpaired) electrons. The van der Waals surface area contributed by atoms with Gasteiger partial charge in [0, 0.05) is 19.6 Å². The maximum absolute atomic E-state index is 13.1. The first-order valence-electron chi connectivity index (χ1n) is 10.7. The van der Waals surface area contributed by atoms with E-state index in [0.29, 0.717) is 32.5 Å². The van der Waals surface area contributed by atoms with E-state index in [0.717, 1.165) is 31.4 Å². The van der Waals surface area contributed by atoms with Crippen LogP contribution in [-0.4, -0.2) is 70.8 Å². The van der Waals surface area contributed by atoms with Crippen LogP contribution in [0.1, 0.15) is 44.1 Å². The Labute approximate surface area is 172 Å². The Kier molecular flexibility index (Phi) is 5.58. The number of hydrogen-bond donors (Lipinski definition) is 1. The van der Waals surface area contributed by atoms with Crippen molar-refractivity contribution in [2.75, 3.05) is 26.7 Å². The lowest BCUT2D eigenvalue weighted by molar-refractivity contribution is -0.142. The van der Waals surface area contributed by atoms with Gasteiger partial charge in [0.25, 0.3) is 5.91 Å². The standard InChI is InChI=1S/C22H30N4O3/c1-24-13-7-3-6-10-18(24)19(27)25-14-11-22(12-15-25)20(28)23-21(29)26(22)16-17-8-4-2-5-9-17/h2,4-5,8-9,18H,3,6-7,10-16H2,1H3,(H,23,28,29). The van der Waals surface area contributed by atoms with Crippen LogP contribution in [-0.2, 0) is 16.1 Å². The van der Waals surface area contributed by atoms with E-state index >= 15 is 0 Å². The Balaban J connectivity index is 1.46. The molecule has 1 aromatic carbocycles. The average Bonchev–Trinajstić information content (AvgIpc) is 2.88. The third kappa shape index (κ3) is 3.75. The topological polar surface area (TPSA) is 73.0 Å². The number of imide groups is 1. The zero-order valence-electron chi connectivity index (χ0n) is 17.1. The first-order valence-corrected chi connectivity index (χ1v) is 10.7. The molecule has 3 aliphatic rings. The van der Waals surface area contributed by atoms with Crippen LogP contribution < -0.4 is 5.32 Å². The Morgan fingerprint density at radius 3 is 2.52 bits per heavy atom. The van der Waals surface area contributed by atoms with Crippen molar-refractivity contribution in [3.05, 3.63) is 35.9 Å². The van der Waals surface area contributed by atoms with Crippen molar-refractivity contribution >= 4 is 17.8 Å². The molecule has 3 heterocycles. The number of urea groups is 1. The van der Waals surface area contributed by atoms with Gasteiger partial charge in [-0.15, -0.1) is 0 Å². The second-order valence-electron chi connectivity index (χ2n) is 8.53. The van der Waals surface area contributed by atoms with Gasteiger partial charge in [-0.05, 0) is 44.8 Å². The number of piperidine rings is 1. The van der Waals surface area contributed by atoms with Crippen LogP contribution >= 0.6 is 0 Å². The van der Waals surface area contributed by atoms with Crippen LogP contribution in [0, 0.1) is 0 Å². The van der Waals surface area contributed by atoms with E-state index in [1.165, 1.54) is 6.42 Å². The van der Waals surface area contributed by atoms with Gasteiger partial charge in [0.05, 0.1) is 6.04 Å². The molecule has 1 aromatic rings. The highest BCUT2D eigenvalue weighted by atomic mass is 16.2. The number of nitrogens with zero attached hydrogens (tertiary/aromatic N) is 3. The lowest BCUT2D eigenvalue weighted by atomic mass is 9.85. The van der Waals surface area contributed by atoms with Gasteiger partial charge in [0.1, 0.15) is 5.54 Å². The molecule has 1 spiro atoms. The summed E-state index contributed by atoms with van der Waals surface area (Å²) < 4.78 is 0. The average molecular weight is 399 g/mol. The molecule has 29 heavy (non-hydrogen) atoms. The molecule has 0 saturated carbocycles. The number of carbonyl (C=O) groups is 3. The van der Waals surface area contributed by atoms with Crippen molar-refractivity contribution in [3.8, 4) is 0 Å². The summed E-state index contributed by atoms with van der Waals surface area (Å²) in [6.45, 7) is 2.37. The van der Waals surface area contributed by atoms with Gasteiger partial charge < -0.3 is 9.80 Å². The third-order valence-corrected chi connectivity index (χ3v) is 6.80. The van der Waals surface area contributed by atoms with Crippen LogP contribution in [0.5, 0.6) is 0 Å². The maximum atomic E-state index is 13.1. The molecular weight excluding hydrogens is 368 g/mol. The summed E-state index contributed by atoms with van der Waals surface area (Å²) in [5, 5.41) is 2.51. The van der Waals surface area contributed by atoms with E-state index in [1.807, 2.05) is 42.3 Å². The summed E-state index contributed by atoms with van der Waals surface area (Å²) in [5.74, 6) is -0.0549. The van der Waals surface area contributed by atoms with Crippen molar-refractivity contribution in [2.24, 2.45) is 0 Å². The molecule has 1 unspecified atom stereocenters. The Morgan fingerprint density at radius 1 is 1.07 bits per heavy atom. The molecule has 0 aromatic heterocycles. The summed E-state index contributed by atoms with van der Waals surface area (Å²) in [4.78, 5) is 44.1. The molecule has 0 bridgehead atoms. The lowest BCUT2D eigenvalue weighted by Crippen LogP contribution is -2.59. The molecule has 4 amide bonds. The van der Waals surface area contributed by atoms with E-state index in [4.69, 9.17) is 0 Å². The third-order valence-electron chi connectivity index (χ3n) is 6.80. The van der Waals surface area contributed by atoms with E-state index in [2.05, 4.69) is 10.2 Å². The van der Waals surface area contributed by atoms with E-state index in [-0.39, 0.29) is 23.9 Å². The predicted octanol–water partition coefficient (Wildman–Crippen LogP) is 1.97. The molecule has 156 valence electrons. The van der Waals surface area contributed by atoms with E-state index in [9.17, 15) is 14.4 Å². The van der Waals surface area contributed by atoms with E-state index in [1.54, 1.807) is 4.90 Å². The molecule has 7 heteroatoms. The van der Waals surface area contributed by atoms with Crippen LogP contribution in [0.3, 0.4) is 0 Å². The quantitative estimate of drug-likeness (QED) is 0.790. The van der Waals surface area contributed by atoms with Crippen molar-refractivity contribution in [1.29, 1.82) is 0 Å². The second kappa shape index (κ2) is 8.14. The minimum atomic E-state index is -0.848. The SMILES string of the molecule is CN1CCCCCC1C(=O)N1CCC2(CC1)C(=O)NC(=O)N2Cc1ccccc1. The first kappa shape index (κ1) is 19.9. The minimum absolute atomic E-state index is 0.0639. The smallest absolute Gasteiger partial charge is 0.325 e. The Morgan fingerprint density at radius 2 is 1.79 bits per heavy atom. The zero-order chi connectivity index (χ0) is 20.4. The minimum Gasteiger partial charge on any atom is -0.341 e. The zero-order valence-corrected chi connectivity index (χ0v) is 17.1. The number of rotatable bonds is 3. The molecular formula is C22H30N4O3. The van der Waals surface area contributed by atoms with Gasteiger partial charge in [-0.3, -0.25) is 19.8 Å². The van der Waals surface area contributed by atoms with Crippen LogP contribution in [0.25, 0.3) is 0 Å². The van der Waals surface area contributed by atoms with Gasteiger partial charge >= 0.3 is 6.03 Å². The summed E-state index contributed by atoms with van der Waals surface area (Å²) >= 11 is 0. The van der Waals surface area contributed by atoms with E-state index < -0.39 is 5.54 Å². The highest BCUT2D eigenvalue weighted by molar-refractivity contribution is 6.07. The molecule has 1 atom stereocenters. The van der Waals surface area contributed by atoms with Crippen LogP contribution in [0.4, 0.5) is 4.79 Å². The molecule has 1 N–H and O–H groups in total. The number of carbonyl (C=O) groups excluding carboxylic acids is 3. The van der Waals surface area contributed by atoms with Crippen LogP contribution in [0.15, 0.2) is 30.3 Å². The fourth-order valence-corrected chi connectivity index (χ4v) is 4.96. The van der Waals surface area contributed by atoms with Gasteiger partial charge in [0.15, 0.2) is 0 Å². The molecule has 4 rings (SSSR count). The van der Waals surface area contributed by atoms with Gasteiger partial charge in [0.2, 0.25) is 5.91 Å². The summed E-state index contributed by atoms with van der Waals surface area (Å²) in [7, 11) is 2.03. The largest absolute Gasteiger partial charge is 0.341 e. The molecule has 3 aliphatic heterocycles. The number of amides is 4.